The van der Waals surface area contributed by atoms with E-state index in [-0.39, 0.29) is 28.4 Å². The van der Waals surface area contributed by atoms with Gasteiger partial charge in [-0.3, -0.25) is 9.59 Å². The van der Waals surface area contributed by atoms with Crippen LogP contribution in [0.3, 0.4) is 0 Å². The number of carbonyl (C=O) groups is 2. The number of hydrogen-bond acceptors (Lipinski definition) is 5. The Balaban J connectivity index is 1.76. The summed E-state index contributed by atoms with van der Waals surface area (Å²) in [6.45, 7) is 9.14. The van der Waals surface area contributed by atoms with Crippen molar-refractivity contribution in [3.63, 3.8) is 0 Å². The highest BCUT2D eigenvalue weighted by Gasteiger charge is 2.29. The molecule has 30 heavy (non-hydrogen) atoms. The Bertz CT molecular complexity index is 1100. The van der Waals surface area contributed by atoms with Gasteiger partial charge in [-0.05, 0) is 63.9 Å². The van der Waals surface area contributed by atoms with E-state index in [0.717, 1.165) is 27.3 Å². The van der Waals surface area contributed by atoms with E-state index in [2.05, 4.69) is 10.6 Å². The monoisotopic (exact) mass is 446 g/mol. The summed E-state index contributed by atoms with van der Waals surface area (Å²) in [7, 11) is -3.74. The van der Waals surface area contributed by atoms with Crippen molar-refractivity contribution in [2.24, 2.45) is 0 Å². The lowest BCUT2D eigenvalue weighted by molar-refractivity contribution is -0.116. The number of aryl methyl sites for hydroxylation is 3. The molecule has 0 unspecified atom stereocenters. The van der Waals surface area contributed by atoms with Crippen molar-refractivity contribution in [2.75, 3.05) is 10.6 Å². The highest BCUT2D eigenvalue weighted by atomic mass is 32.2. The van der Waals surface area contributed by atoms with Crippen LogP contribution in [-0.2, 0) is 19.4 Å². The summed E-state index contributed by atoms with van der Waals surface area (Å²) in [4.78, 5) is 25.4. The van der Waals surface area contributed by atoms with Crippen LogP contribution in [0.15, 0.2) is 40.1 Å². The summed E-state index contributed by atoms with van der Waals surface area (Å²) >= 11 is 1.39. The Morgan fingerprint density at radius 3 is 2.43 bits per heavy atom. The largest absolute Gasteiger partial charge is 0.326 e. The summed E-state index contributed by atoms with van der Waals surface area (Å²) in [5.74, 6) is -0.505. The minimum atomic E-state index is -3.74. The van der Waals surface area contributed by atoms with Gasteiger partial charge >= 0.3 is 0 Å². The summed E-state index contributed by atoms with van der Waals surface area (Å²) in [6.07, 6.45) is -0.162. The Hall–Kier alpha value is -2.32. The average Bonchev–Trinajstić information content (AvgIpc) is 2.65. The first-order valence-electron chi connectivity index (χ1n) is 9.72. The van der Waals surface area contributed by atoms with Gasteiger partial charge in [-0.25, -0.2) is 8.42 Å². The van der Waals surface area contributed by atoms with Gasteiger partial charge in [-0.2, -0.15) is 0 Å². The van der Waals surface area contributed by atoms with E-state index >= 15 is 0 Å². The minimum absolute atomic E-state index is 0.0969. The molecule has 0 saturated heterocycles. The number of anilines is 2. The maximum absolute atomic E-state index is 13.0. The SMILES string of the molecule is Cc1cc(C)c(NC(=O)C[C@H](C)S(=O)(=O)c2ccc3c(c2)NC(=O)[C@H](C)S3)c(C)c1. The van der Waals surface area contributed by atoms with Gasteiger partial charge in [0, 0.05) is 17.0 Å². The first kappa shape index (κ1) is 22.4. The van der Waals surface area contributed by atoms with Crippen LogP contribution >= 0.6 is 11.8 Å². The maximum Gasteiger partial charge on any atom is 0.237 e. The van der Waals surface area contributed by atoms with Crippen molar-refractivity contribution in [3.8, 4) is 0 Å². The molecule has 0 fully saturated rings. The number of fused-ring (bicyclic) bond motifs is 1. The molecule has 2 aromatic carbocycles. The molecule has 0 aromatic heterocycles. The fourth-order valence-electron chi connectivity index (χ4n) is 3.54. The van der Waals surface area contributed by atoms with Gasteiger partial charge in [0.15, 0.2) is 9.84 Å². The fourth-order valence-corrected chi connectivity index (χ4v) is 5.84. The zero-order valence-electron chi connectivity index (χ0n) is 17.7. The smallest absolute Gasteiger partial charge is 0.237 e. The number of hydrogen-bond donors (Lipinski definition) is 2. The summed E-state index contributed by atoms with van der Waals surface area (Å²) in [5.41, 5.74) is 4.19. The molecule has 6 nitrogen and oxygen atoms in total. The van der Waals surface area contributed by atoms with E-state index in [1.54, 1.807) is 13.0 Å². The maximum atomic E-state index is 13.0. The normalized spacial score (nSPS) is 17.1. The van der Waals surface area contributed by atoms with Crippen molar-refractivity contribution in [2.45, 2.75) is 61.3 Å². The quantitative estimate of drug-likeness (QED) is 0.717. The van der Waals surface area contributed by atoms with Crippen LogP contribution in [0.1, 0.15) is 37.0 Å². The second-order valence-electron chi connectivity index (χ2n) is 7.79. The molecule has 0 aliphatic carbocycles. The molecule has 1 aliphatic heterocycles. The summed E-state index contributed by atoms with van der Waals surface area (Å²) < 4.78 is 26.1. The lowest BCUT2D eigenvalue weighted by atomic mass is 10.0. The van der Waals surface area contributed by atoms with Gasteiger partial charge in [-0.15, -0.1) is 11.8 Å². The molecule has 8 heteroatoms. The molecule has 160 valence electrons. The molecule has 2 aromatic rings. The van der Waals surface area contributed by atoms with Crippen molar-refractivity contribution >= 4 is 44.8 Å². The Labute approximate surface area is 181 Å². The molecule has 2 amide bonds. The predicted octanol–water partition coefficient (Wildman–Crippen LogP) is 4.24. The summed E-state index contributed by atoms with van der Waals surface area (Å²) in [6, 6.07) is 8.67. The first-order valence-corrected chi connectivity index (χ1v) is 12.1. The zero-order chi connectivity index (χ0) is 22.2. The number of carbonyl (C=O) groups excluding carboxylic acids is 2. The van der Waals surface area contributed by atoms with Gasteiger partial charge < -0.3 is 10.6 Å². The van der Waals surface area contributed by atoms with Gasteiger partial charge in [0.25, 0.3) is 0 Å². The van der Waals surface area contributed by atoms with Crippen LogP contribution in [-0.4, -0.2) is 30.7 Å². The van der Waals surface area contributed by atoms with Gasteiger partial charge in [0.1, 0.15) is 0 Å². The average molecular weight is 447 g/mol. The third-order valence-corrected chi connectivity index (χ3v) is 8.47. The van der Waals surface area contributed by atoms with E-state index < -0.39 is 15.1 Å². The van der Waals surface area contributed by atoms with Crippen molar-refractivity contribution in [1.29, 1.82) is 0 Å². The number of sulfone groups is 1. The molecule has 0 radical (unpaired) electrons. The zero-order valence-corrected chi connectivity index (χ0v) is 19.3. The molecule has 3 rings (SSSR count). The second-order valence-corrected chi connectivity index (χ2v) is 11.5. The van der Waals surface area contributed by atoms with Gasteiger partial charge in [-0.1, -0.05) is 17.7 Å². The Morgan fingerprint density at radius 2 is 1.80 bits per heavy atom. The molecule has 1 aliphatic rings. The predicted molar refractivity (Wildman–Crippen MR) is 121 cm³/mol. The minimum Gasteiger partial charge on any atom is -0.326 e. The van der Waals surface area contributed by atoms with Crippen LogP contribution in [0.4, 0.5) is 11.4 Å². The van der Waals surface area contributed by atoms with Crippen LogP contribution in [0.2, 0.25) is 0 Å². The van der Waals surface area contributed by atoms with E-state index in [4.69, 9.17) is 0 Å². The number of nitrogens with one attached hydrogen (secondary N) is 2. The van der Waals surface area contributed by atoms with Gasteiger partial charge in [0.05, 0.1) is 21.1 Å². The molecule has 0 saturated carbocycles. The van der Waals surface area contributed by atoms with Crippen LogP contribution in [0, 0.1) is 20.8 Å². The fraction of sp³-hybridized carbons (Fsp3) is 0.364. The van der Waals surface area contributed by atoms with E-state index in [0.29, 0.717) is 5.69 Å². The van der Waals surface area contributed by atoms with Crippen LogP contribution in [0.5, 0.6) is 0 Å². The Kier molecular flexibility index (Phi) is 6.29. The number of rotatable bonds is 5. The van der Waals surface area contributed by atoms with E-state index in [1.807, 2.05) is 32.9 Å². The highest BCUT2D eigenvalue weighted by Crippen LogP contribution is 2.37. The molecular formula is C22H26N2O4S2. The van der Waals surface area contributed by atoms with Crippen molar-refractivity contribution < 1.29 is 18.0 Å². The number of thioether (sulfide) groups is 1. The lowest BCUT2D eigenvalue weighted by Crippen LogP contribution is -2.28. The molecule has 2 atom stereocenters. The van der Waals surface area contributed by atoms with E-state index in [1.165, 1.54) is 30.8 Å². The van der Waals surface area contributed by atoms with Crippen LogP contribution < -0.4 is 10.6 Å². The molecule has 2 N–H and O–H groups in total. The van der Waals surface area contributed by atoms with Crippen LogP contribution in [0.25, 0.3) is 0 Å². The molecule has 1 heterocycles. The molecular weight excluding hydrogens is 420 g/mol. The topological polar surface area (TPSA) is 92.3 Å². The third-order valence-electron chi connectivity index (χ3n) is 5.15. The number of amides is 2. The lowest BCUT2D eigenvalue weighted by Gasteiger charge is -2.22. The molecule has 0 spiro atoms. The standard InChI is InChI=1S/C22H26N2O4S2/c1-12-8-13(2)21(14(3)9-12)24-20(25)10-15(4)30(27,28)17-6-7-19-18(11-17)23-22(26)16(5)29-19/h6-9,11,15-16H,10H2,1-5H3,(H,23,26)(H,24,25)/t15-,16-/m0/s1. The molecule has 0 bridgehead atoms. The highest BCUT2D eigenvalue weighted by molar-refractivity contribution is 8.01. The Morgan fingerprint density at radius 1 is 1.17 bits per heavy atom. The third kappa shape index (κ3) is 4.54. The second kappa shape index (κ2) is 8.43. The van der Waals surface area contributed by atoms with Crippen molar-refractivity contribution in [3.05, 3.63) is 47.0 Å². The van der Waals surface area contributed by atoms with E-state index in [9.17, 15) is 18.0 Å². The van der Waals surface area contributed by atoms with Gasteiger partial charge in [0.2, 0.25) is 11.8 Å². The summed E-state index contributed by atoms with van der Waals surface area (Å²) in [5, 5.41) is 4.47. The first-order chi connectivity index (χ1) is 14.0. The number of benzene rings is 2. The van der Waals surface area contributed by atoms with Crippen molar-refractivity contribution in [1.82, 2.24) is 0 Å².